The summed E-state index contributed by atoms with van der Waals surface area (Å²) in [6, 6.07) is 0. The van der Waals surface area contributed by atoms with E-state index in [9.17, 15) is 0 Å². The molecule has 0 aliphatic carbocycles. The summed E-state index contributed by atoms with van der Waals surface area (Å²) in [5.41, 5.74) is 0. The molecule has 0 aliphatic heterocycles. The number of hydrogen-bond donors (Lipinski definition) is 1. The number of thiazole rings is 1. The molecule has 1 atom stereocenters. The number of aromatic nitrogens is 1. The molecule has 1 rings (SSSR count). The van der Waals surface area contributed by atoms with E-state index in [4.69, 9.17) is 0 Å². The average Bonchev–Trinajstić information content (AvgIpc) is 3.01. The molecular formula is C18H34N2S. The van der Waals surface area contributed by atoms with Crippen LogP contribution in [-0.4, -0.2) is 11.5 Å². The van der Waals surface area contributed by atoms with Gasteiger partial charge in [0.05, 0.1) is 0 Å². The van der Waals surface area contributed by atoms with Gasteiger partial charge in [-0.1, -0.05) is 71.6 Å². The quantitative estimate of drug-likeness (QED) is 0.397. The van der Waals surface area contributed by atoms with Crippen LogP contribution in [0.3, 0.4) is 0 Å². The van der Waals surface area contributed by atoms with Crippen LogP contribution in [0, 0.1) is 5.92 Å². The van der Waals surface area contributed by atoms with Gasteiger partial charge in [-0.3, -0.25) is 0 Å². The van der Waals surface area contributed by atoms with E-state index in [2.05, 4.69) is 24.1 Å². The molecule has 0 aliphatic rings. The number of anilines is 1. The number of rotatable bonds is 14. The second-order valence-corrected chi connectivity index (χ2v) is 7.03. The fourth-order valence-corrected chi connectivity index (χ4v) is 3.33. The van der Waals surface area contributed by atoms with Gasteiger partial charge in [0.1, 0.15) is 0 Å². The monoisotopic (exact) mass is 310 g/mol. The van der Waals surface area contributed by atoms with Crippen molar-refractivity contribution in [3.8, 4) is 0 Å². The molecule has 1 unspecified atom stereocenters. The molecule has 2 nitrogen and oxygen atoms in total. The largest absolute Gasteiger partial charge is 0.361 e. The molecule has 3 heteroatoms. The minimum absolute atomic E-state index is 0.826. The van der Waals surface area contributed by atoms with Crippen LogP contribution in [-0.2, 0) is 0 Å². The summed E-state index contributed by atoms with van der Waals surface area (Å²) in [7, 11) is 0. The summed E-state index contributed by atoms with van der Waals surface area (Å²) in [6.45, 7) is 5.68. The fourth-order valence-electron chi connectivity index (χ4n) is 2.79. The van der Waals surface area contributed by atoms with E-state index in [1.54, 1.807) is 11.3 Å². The van der Waals surface area contributed by atoms with E-state index < -0.39 is 0 Å². The molecule has 1 N–H and O–H groups in total. The number of hydrogen-bond acceptors (Lipinski definition) is 3. The van der Waals surface area contributed by atoms with Gasteiger partial charge in [0.25, 0.3) is 0 Å². The molecular weight excluding hydrogens is 276 g/mol. The third-order valence-corrected chi connectivity index (χ3v) is 4.89. The van der Waals surface area contributed by atoms with Crippen LogP contribution in [0.2, 0.25) is 0 Å². The summed E-state index contributed by atoms with van der Waals surface area (Å²) in [5, 5.41) is 6.65. The smallest absolute Gasteiger partial charge is 0.182 e. The van der Waals surface area contributed by atoms with Gasteiger partial charge in [-0.25, -0.2) is 4.98 Å². The predicted molar refractivity (Wildman–Crippen MR) is 96.2 cm³/mol. The lowest BCUT2D eigenvalue weighted by molar-refractivity contribution is 0.421. The predicted octanol–water partition coefficient (Wildman–Crippen LogP) is 6.50. The molecule has 0 saturated carbocycles. The van der Waals surface area contributed by atoms with E-state index in [0.717, 1.165) is 17.6 Å². The summed E-state index contributed by atoms with van der Waals surface area (Å²) >= 11 is 1.71. The van der Waals surface area contributed by atoms with Gasteiger partial charge in [0, 0.05) is 18.1 Å². The molecule has 0 amide bonds. The van der Waals surface area contributed by atoms with Crippen LogP contribution in [0.4, 0.5) is 5.13 Å². The molecule has 0 radical (unpaired) electrons. The van der Waals surface area contributed by atoms with Crippen LogP contribution < -0.4 is 5.32 Å². The maximum atomic E-state index is 4.33. The first-order chi connectivity index (χ1) is 10.4. The molecule has 1 aromatic rings. The summed E-state index contributed by atoms with van der Waals surface area (Å²) in [5.74, 6) is 0.826. The van der Waals surface area contributed by atoms with Crippen molar-refractivity contribution in [1.29, 1.82) is 0 Å². The second kappa shape index (κ2) is 13.1. The molecule has 122 valence electrons. The maximum absolute atomic E-state index is 4.33. The van der Waals surface area contributed by atoms with Crippen LogP contribution in [0.5, 0.6) is 0 Å². The van der Waals surface area contributed by atoms with Crippen molar-refractivity contribution in [2.45, 2.75) is 84.5 Å². The van der Waals surface area contributed by atoms with Crippen molar-refractivity contribution in [1.82, 2.24) is 4.98 Å². The van der Waals surface area contributed by atoms with Gasteiger partial charge in [-0.05, 0) is 18.8 Å². The van der Waals surface area contributed by atoms with Crippen molar-refractivity contribution in [3.63, 3.8) is 0 Å². The molecule has 21 heavy (non-hydrogen) atoms. The Bertz CT molecular complexity index is 311. The van der Waals surface area contributed by atoms with Crippen LogP contribution in [0.1, 0.15) is 84.5 Å². The van der Waals surface area contributed by atoms with Crippen molar-refractivity contribution < 1.29 is 0 Å². The fraction of sp³-hybridized carbons (Fsp3) is 0.833. The Balaban J connectivity index is 2.20. The molecule has 1 aromatic heterocycles. The molecule has 1 heterocycles. The highest BCUT2D eigenvalue weighted by atomic mass is 32.1. The highest BCUT2D eigenvalue weighted by molar-refractivity contribution is 7.13. The Labute approximate surface area is 135 Å². The number of nitrogens with zero attached hydrogens (tertiary/aromatic N) is 1. The van der Waals surface area contributed by atoms with E-state index >= 15 is 0 Å². The Hall–Kier alpha value is -0.570. The first-order valence-corrected chi connectivity index (χ1v) is 9.88. The highest BCUT2D eigenvalue weighted by Crippen LogP contribution is 2.20. The van der Waals surface area contributed by atoms with Crippen LogP contribution in [0.25, 0.3) is 0 Å². The van der Waals surface area contributed by atoms with Gasteiger partial charge in [-0.15, -0.1) is 11.3 Å². The second-order valence-electron chi connectivity index (χ2n) is 6.14. The van der Waals surface area contributed by atoms with Crippen molar-refractivity contribution in [2.24, 2.45) is 5.92 Å². The minimum Gasteiger partial charge on any atom is -0.361 e. The Morgan fingerprint density at radius 2 is 1.57 bits per heavy atom. The topological polar surface area (TPSA) is 24.9 Å². The van der Waals surface area contributed by atoms with Gasteiger partial charge in [0.15, 0.2) is 5.13 Å². The standard InChI is InChI=1S/C18H34N2S/c1-3-5-7-9-11-13-17(12-10-8-6-4-2)16-20-18-19-14-15-21-18/h14-15,17H,3-13,16H2,1-2H3,(H,19,20). The van der Waals surface area contributed by atoms with Crippen LogP contribution >= 0.6 is 11.3 Å². The van der Waals surface area contributed by atoms with Crippen molar-refractivity contribution >= 4 is 16.5 Å². The van der Waals surface area contributed by atoms with E-state index in [-0.39, 0.29) is 0 Å². The minimum atomic E-state index is 0.826. The van der Waals surface area contributed by atoms with Gasteiger partial charge >= 0.3 is 0 Å². The zero-order valence-corrected chi connectivity index (χ0v) is 14.9. The number of unbranched alkanes of at least 4 members (excludes halogenated alkanes) is 7. The zero-order chi connectivity index (χ0) is 15.2. The summed E-state index contributed by atoms with van der Waals surface area (Å²) < 4.78 is 0. The van der Waals surface area contributed by atoms with Gasteiger partial charge < -0.3 is 5.32 Å². The molecule has 0 fully saturated rings. The average molecular weight is 311 g/mol. The van der Waals surface area contributed by atoms with Gasteiger partial charge in [-0.2, -0.15) is 0 Å². The zero-order valence-electron chi connectivity index (χ0n) is 14.1. The number of nitrogens with one attached hydrogen (secondary N) is 1. The molecule has 0 spiro atoms. The third-order valence-electron chi connectivity index (χ3n) is 4.16. The molecule has 0 bridgehead atoms. The third kappa shape index (κ3) is 9.89. The van der Waals surface area contributed by atoms with E-state index in [1.807, 2.05) is 11.6 Å². The SMILES string of the molecule is CCCCCCCC(CCCCCC)CNc1nccs1. The summed E-state index contributed by atoms with van der Waals surface area (Å²) in [6.07, 6.45) is 17.1. The lowest BCUT2D eigenvalue weighted by Gasteiger charge is -2.17. The lowest BCUT2D eigenvalue weighted by Crippen LogP contribution is -2.14. The Morgan fingerprint density at radius 3 is 2.14 bits per heavy atom. The van der Waals surface area contributed by atoms with Crippen molar-refractivity contribution in [3.05, 3.63) is 11.6 Å². The van der Waals surface area contributed by atoms with E-state index in [0.29, 0.717) is 0 Å². The molecule has 0 saturated heterocycles. The van der Waals surface area contributed by atoms with Crippen LogP contribution in [0.15, 0.2) is 11.6 Å². The normalized spacial score (nSPS) is 12.5. The lowest BCUT2D eigenvalue weighted by atomic mass is 9.94. The highest BCUT2D eigenvalue weighted by Gasteiger charge is 2.09. The summed E-state index contributed by atoms with van der Waals surface area (Å²) in [4.78, 5) is 4.33. The first-order valence-electron chi connectivity index (χ1n) is 9.00. The van der Waals surface area contributed by atoms with Gasteiger partial charge in [0.2, 0.25) is 0 Å². The maximum Gasteiger partial charge on any atom is 0.182 e. The van der Waals surface area contributed by atoms with E-state index in [1.165, 1.54) is 70.6 Å². The Morgan fingerprint density at radius 1 is 0.952 bits per heavy atom. The first kappa shape index (κ1) is 18.5. The Kier molecular flexibility index (Phi) is 11.5. The van der Waals surface area contributed by atoms with Crippen molar-refractivity contribution in [2.75, 3.05) is 11.9 Å². The molecule has 0 aromatic carbocycles.